The summed E-state index contributed by atoms with van der Waals surface area (Å²) in [5, 5.41) is 19.2. The molecule has 1 aliphatic rings. The Kier molecular flexibility index (Phi) is 1.87. The molecule has 0 aromatic carbocycles. The lowest BCUT2D eigenvalue weighted by Crippen LogP contribution is -1.91. The van der Waals surface area contributed by atoms with Gasteiger partial charge in [0.15, 0.2) is 5.82 Å². The van der Waals surface area contributed by atoms with Crippen LogP contribution in [-0.4, -0.2) is 20.3 Å². The highest BCUT2D eigenvalue weighted by molar-refractivity contribution is 5.59. The number of H-pyrrole nitrogens is 1. The van der Waals surface area contributed by atoms with Gasteiger partial charge in [0.2, 0.25) is 0 Å². The predicted molar refractivity (Wildman–Crippen MR) is 57.7 cm³/mol. The maximum Gasteiger partial charge on any atom is 0.262 e. The summed E-state index contributed by atoms with van der Waals surface area (Å²) in [5.41, 5.74) is 1.16. The summed E-state index contributed by atoms with van der Waals surface area (Å²) < 4.78 is 5.17. The smallest absolute Gasteiger partial charge is 0.262 e. The molecule has 86 valence electrons. The van der Waals surface area contributed by atoms with E-state index in [1.54, 1.807) is 0 Å². The topological polar surface area (TPSA) is 91.4 Å². The van der Waals surface area contributed by atoms with Crippen LogP contribution in [0.4, 0.5) is 0 Å². The number of nitriles is 1. The molecule has 1 aliphatic carbocycles. The van der Waals surface area contributed by atoms with Crippen molar-refractivity contribution in [2.24, 2.45) is 5.41 Å². The first-order chi connectivity index (χ1) is 8.12. The minimum atomic E-state index is 0.260. The van der Waals surface area contributed by atoms with Crippen LogP contribution in [0.3, 0.4) is 0 Å². The molecule has 0 bridgehead atoms. The Labute approximate surface area is 97.6 Å². The van der Waals surface area contributed by atoms with Gasteiger partial charge in [0.25, 0.3) is 5.89 Å². The van der Waals surface area contributed by atoms with Gasteiger partial charge in [0, 0.05) is 5.92 Å². The molecule has 1 N–H and O–H groups in total. The van der Waals surface area contributed by atoms with Crippen molar-refractivity contribution < 1.29 is 4.52 Å². The number of aromatic nitrogens is 4. The molecule has 3 rings (SSSR count). The van der Waals surface area contributed by atoms with Gasteiger partial charge in [-0.25, -0.2) is 0 Å². The zero-order valence-corrected chi connectivity index (χ0v) is 9.56. The van der Waals surface area contributed by atoms with Crippen molar-refractivity contribution in [3.63, 3.8) is 0 Å². The summed E-state index contributed by atoms with van der Waals surface area (Å²) in [4.78, 5) is 4.33. The van der Waals surface area contributed by atoms with Crippen LogP contribution in [0.25, 0.3) is 11.5 Å². The molecule has 0 saturated heterocycles. The maximum absolute atomic E-state index is 8.87. The van der Waals surface area contributed by atoms with E-state index in [4.69, 9.17) is 9.78 Å². The molecular weight excluding hydrogens is 218 g/mol. The lowest BCUT2D eigenvalue weighted by Gasteiger charge is -1.95. The zero-order valence-electron chi connectivity index (χ0n) is 9.56. The van der Waals surface area contributed by atoms with E-state index in [0.717, 1.165) is 12.2 Å². The Morgan fingerprint density at radius 2 is 2.35 bits per heavy atom. The van der Waals surface area contributed by atoms with Crippen LogP contribution in [0, 0.1) is 16.7 Å². The van der Waals surface area contributed by atoms with Gasteiger partial charge in [0.1, 0.15) is 11.8 Å². The third-order valence-electron chi connectivity index (χ3n) is 3.25. The van der Waals surface area contributed by atoms with E-state index in [1.807, 2.05) is 6.07 Å². The molecule has 1 unspecified atom stereocenters. The molecule has 17 heavy (non-hydrogen) atoms. The minimum absolute atomic E-state index is 0.260. The summed E-state index contributed by atoms with van der Waals surface area (Å²) in [6.45, 7) is 4.35. The highest BCUT2D eigenvalue weighted by atomic mass is 16.5. The molecule has 0 amide bonds. The van der Waals surface area contributed by atoms with Gasteiger partial charge in [-0.05, 0) is 11.8 Å². The van der Waals surface area contributed by atoms with E-state index in [0.29, 0.717) is 23.1 Å². The van der Waals surface area contributed by atoms with Gasteiger partial charge in [-0.1, -0.05) is 19.0 Å². The van der Waals surface area contributed by atoms with Gasteiger partial charge < -0.3 is 4.52 Å². The summed E-state index contributed by atoms with van der Waals surface area (Å²) in [7, 11) is 0. The number of hydrogen-bond acceptors (Lipinski definition) is 5. The summed E-state index contributed by atoms with van der Waals surface area (Å²) >= 11 is 0. The van der Waals surface area contributed by atoms with Crippen molar-refractivity contribution in [2.45, 2.75) is 26.2 Å². The molecule has 1 saturated carbocycles. The zero-order chi connectivity index (χ0) is 12.0. The van der Waals surface area contributed by atoms with Crippen LogP contribution < -0.4 is 0 Å². The van der Waals surface area contributed by atoms with E-state index >= 15 is 0 Å². The molecule has 2 aromatic heterocycles. The summed E-state index contributed by atoms with van der Waals surface area (Å²) in [5.74, 6) is 1.43. The van der Waals surface area contributed by atoms with Gasteiger partial charge in [-0.3, -0.25) is 5.10 Å². The van der Waals surface area contributed by atoms with Gasteiger partial charge in [-0.2, -0.15) is 15.3 Å². The van der Waals surface area contributed by atoms with E-state index in [-0.39, 0.29) is 5.41 Å². The van der Waals surface area contributed by atoms with Crippen LogP contribution in [0.1, 0.15) is 37.7 Å². The fraction of sp³-hybridized carbons (Fsp3) is 0.455. The third kappa shape index (κ3) is 1.51. The number of rotatable bonds is 2. The van der Waals surface area contributed by atoms with Gasteiger partial charge in [0.05, 0.1) is 11.8 Å². The van der Waals surface area contributed by atoms with Crippen LogP contribution in [-0.2, 0) is 0 Å². The average Bonchev–Trinajstić information content (AvgIpc) is 2.80. The molecular formula is C11H11N5O. The number of nitrogens with zero attached hydrogens (tertiary/aromatic N) is 4. The molecule has 0 spiro atoms. The molecule has 0 radical (unpaired) electrons. The number of hydrogen-bond donors (Lipinski definition) is 1. The van der Waals surface area contributed by atoms with Crippen molar-refractivity contribution >= 4 is 0 Å². The van der Waals surface area contributed by atoms with E-state index in [9.17, 15) is 0 Å². The van der Waals surface area contributed by atoms with E-state index in [2.05, 4.69) is 34.2 Å². The normalized spacial score (nSPS) is 21.1. The Balaban J connectivity index is 1.94. The van der Waals surface area contributed by atoms with Crippen molar-refractivity contribution in [1.29, 1.82) is 5.26 Å². The fourth-order valence-electron chi connectivity index (χ4n) is 1.93. The number of nitrogens with one attached hydrogen (secondary N) is 1. The van der Waals surface area contributed by atoms with Crippen molar-refractivity contribution in [2.75, 3.05) is 0 Å². The second-order valence-corrected chi connectivity index (χ2v) is 4.97. The van der Waals surface area contributed by atoms with E-state index in [1.165, 1.54) is 6.20 Å². The van der Waals surface area contributed by atoms with Crippen LogP contribution in [0.15, 0.2) is 10.7 Å². The number of aromatic amines is 1. The van der Waals surface area contributed by atoms with Crippen LogP contribution in [0.2, 0.25) is 0 Å². The standard InChI is InChI=1S/C11H11N5O/c1-11(2)3-7(11)9-14-10(17-16-9)6-5-13-15-8(6)4-12/h5,7H,3H2,1-2H3,(H,13,15). The highest BCUT2D eigenvalue weighted by Crippen LogP contribution is 2.57. The third-order valence-corrected chi connectivity index (χ3v) is 3.25. The molecule has 1 fully saturated rings. The summed E-state index contributed by atoms with van der Waals surface area (Å²) in [6.07, 6.45) is 2.59. The average molecular weight is 229 g/mol. The Morgan fingerprint density at radius 3 is 3.00 bits per heavy atom. The largest absolute Gasteiger partial charge is 0.334 e. The molecule has 6 nitrogen and oxygen atoms in total. The molecule has 2 heterocycles. The second kappa shape index (κ2) is 3.17. The summed E-state index contributed by atoms with van der Waals surface area (Å²) in [6, 6.07) is 2.00. The Hall–Kier alpha value is -2.16. The maximum atomic E-state index is 8.87. The first kappa shape index (κ1) is 10.0. The predicted octanol–water partition coefficient (Wildman–Crippen LogP) is 1.84. The van der Waals surface area contributed by atoms with Crippen molar-refractivity contribution in [3.05, 3.63) is 17.7 Å². The quantitative estimate of drug-likeness (QED) is 0.848. The fourth-order valence-corrected chi connectivity index (χ4v) is 1.93. The lowest BCUT2D eigenvalue weighted by atomic mass is 10.1. The van der Waals surface area contributed by atoms with E-state index < -0.39 is 0 Å². The SMILES string of the molecule is CC1(C)CC1c1noc(-c2cn[nH]c2C#N)n1. The molecule has 2 aromatic rings. The highest BCUT2D eigenvalue weighted by Gasteiger charge is 2.49. The van der Waals surface area contributed by atoms with Crippen LogP contribution >= 0.6 is 0 Å². The minimum Gasteiger partial charge on any atom is -0.334 e. The first-order valence-electron chi connectivity index (χ1n) is 5.39. The molecule has 0 aliphatic heterocycles. The molecule has 6 heteroatoms. The molecule has 1 atom stereocenters. The van der Waals surface area contributed by atoms with Gasteiger partial charge >= 0.3 is 0 Å². The lowest BCUT2D eigenvalue weighted by molar-refractivity contribution is 0.419. The van der Waals surface area contributed by atoms with Crippen LogP contribution in [0.5, 0.6) is 0 Å². The van der Waals surface area contributed by atoms with Crippen molar-refractivity contribution in [3.8, 4) is 17.5 Å². The van der Waals surface area contributed by atoms with Crippen molar-refractivity contribution in [1.82, 2.24) is 20.3 Å². The monoisotopic (exact) mass is 229 g/mol. The Morgan fingerprint density at radius 1 is 1.59 bits per heavy atom. The Bertz CT molecular complexity index is 603. The first-order valence-corrected chi connectivity index (χ1v) is 5.39. The second-order valence-electron chi connectivity index (χ2n) is 4.97. The van der Waals surface area contributed by atoms with Gasteiger partial charge in [-0.15, -0.1) is 0 Å².